The molecule has 1 atom stereocenters. The van der Waals surface area contributed by atoms with Crippen LogP contribution in [0.2, 0.25) is 0 Å². The second-order valence-corrected chi connectivity index (χ2v) is 10.7. The van der Waals surface area contributed by atoms with Gasteiger partial charge < -0.3 is 5.32 Å². The number of carbonyl (C=O) groups is 1. The number of carbonyl (C=O) groups excluding carboxylic acids is 1. The van der Waals surface area contributed by atoms with E-state index in [4.69, 9.17) is 0 Å². The van der Waals surface area contributed by atoms with Crippen LogP contribution in [0.15, 0.2) is 102 Å². The third-order valence-corrected chi connectivity index (χ3v) is 7.87. The normalized spacial score (nSPS) is 12.3. The van der Waals surface area contributed by atoms with Crippen molar-refractivity contribution in [3.63, 3.8) is 0 Å². The van der Waals surface area contributed by atoms with Crippen LogP contribution in [-0.2, 0) is 21.2 Å². The number of rotatable bonds is 9. The molecule has 180 valence electrons. The molecule has 6 heteroatoms. The van der Waals surface area contributed by atoms with Gasteiger partial charge in [0.05, 0.1) is 10.6 Å². The second kappa shape index (κ2) is 10.7. The SMILES string of the molecule is Cc1ccccc1N(CC(=O)NCC(C)Cc1cccc2ccccc12)S(=O)(=O)c1ccccc1. The van der Waals surface area contributed by atoms with E-state index in [9.17, 15) is 13.2 Å². The van der Waals surface area contributed by atoms with Gasteiger partial charge in [-0.05, 0) is 59.4 Å². The summed E-state index contributed by atoms with van der Waals surface area (Å²) >= 11 is 0. The van der Waals surface area contributed by atoms with Gasteiger partial charge in [0.25, 0.3) is 10.0 Å². The van der Waals surface area contributed by atoms with Crippen LogP contribution in [0.4, 0.5) is 5.69 Å². The zero-order valence-corrected chi connectivity index (χ0v) is 20.8. The molecule has 35 heavy (non-hydrogen) atoms. The summed E-state index contributed by atoms with van der Waals surface area (Å²) in [4.78, 5) is 13.1. The van der Waals surface area contributed by atoms with Gasteiger partial charge in [-0.1, -0.05) is 85.8 Å². The zero-order chi connectivity index (χ0) is 24.8. The molecule has 1 amide bonds. The largest absolute Gasteiger partial charge is 0.354 e. The number of nitrogens with one attached hydrogen (secondary N) is 1. The number of sulfonamides is 1. The van der Waals surface area contributed by atoms with Gasteiger partial charge in [-0.2, -0.15) is 0 Å². The van der Waals surface area contributed by atoms with Crippen molar-refractivity contribution in [3.05, 3.63) is 108 Å². The predicted molar refractivity (Wildman–Crippen MR) is 142 cm³/mol. The van der Waals surface area contributed by atoms with Gasteiger partial charge in [-0.25, -0.2) is 8.42 Å². The fourth-order valence-corrected chi connectivity index (χ4v) is 5.76. The van der Waals surface area contributed by atoms with E-state index in [1.807, 2.05) is 31.2 Å². The van der Waals surface area contributed by atoms with Gasteiger partial charge >= 0.3 is 0 Å². The Morgan fingerprint density at radius 3 is 2.29 bits per heavy atom. The van der Waals surface area contributed by atoms with Crippen LogP contribution in [0, 0.1) is 12.8 Å². The number of hydrogen-bond donors (Lipinski definition) is 1. The summed E-state index contributed by atoms with van der Waals surface area (Å²) in [6.07, 6.45) is 0.811. The molecule has 0 saturated carbocycles. The lowest BCUT2D eigenvalue weighted by Gasteiger charge is -2.26. The molecule has 0 aromatic heterocycles. The Balaban J connectivity index is 1.48. The van der Waals surface area contributed by atoms with Crippen LogP contribution in [0.1, 0.15) is 18.1 Å². The lowest BCUT2D eigenvalue weighted by Crippen LogP contribution is -2.42. The molecule has 0 aliphatic carbocycles. The van der Waals surface area contributed by atoms with E-state index in [2.05, 4.69) is 42.6 Å². The minimum atomic E-state index is -3.91. The molecular formula is C29H30N2O3S. The Morgan fingerprint density at radius 2 is 1.51 bits per heavy atom. The molecule has 4 rings (SSSR count). The third-order valence-electron chi connectivity index (χ3n) is 6.10. The fourth-order valence-electron chi connectivity index (χ4n) is 4.26. The van der Waals surface area contributed by atoms with E-state index in [-0.39, 0.29) is 23.3 Å². The number of aryl methyl sites for hydroxylation is 1. The molecule has 0 aliphatic rings. The average molecular weight is 487 g/mol. The van der Waals surface area contributed by atoms with Crippen LogP contribution in [0.3, 0.4) is 0 Å². The summed E-state index contributed by atoms with van der Waals surface area (Å²) in [7, 11) is -3.91. The number of hydrogen-bond acceptors (Lipinski definition) is 3. The molecule has 4 aromatic rings. The first-order valence-corrected chi connectivity index (χ1v) is 13.2. The average Bonchev–Trinajstić information content (AvgIpc) is 2.87. The smallest absolute Gasteiger partial charge is 0.264 e. The van der Waals surface area contributed by atoms with Crippen molar-refractivity contribution in [1.82, 2.24) is 5.32 Å². The summed E-state index contributed by atoms with van der Waals surface area (Å²) in [6, 6.07) is 29.9. The van der Waals surface area contributed by atoms with E-state index in [1.165, 1.54) is 20.6 Å². The molecule has 0 heterocycles. The van der Waals surface area contributed by atoms with Gasteiger partial charge in [0.1, 0.15) is 6.54 Å². The number of amides is 1. The second-order valence-electron chi connectivity index (χ2n) is 8.86. The molecule has 1 N–H and O–H groups in total. The molecule has 0 saturated heterocycles. The first-order valence-electron chi connectivity index (χ1n) is 11.7. The Labute approximate surface area is 207 Å². The standard InChI is InChI=1S/C29H30N2O3S/c1-22(19-25-14-10-13-24-12-7-8-17-27(24)25)20-30-29(32)21-31(28-18-9-6-11-23(28)2)35(33,34)26-15-4-3-5-16-26/h3-18,22H,19-21H2,1-2H3,(H,30,32). The van der Waals surface area contributed by atoms with Gasteiger partial charge in [0.15, 0.2) is 0 Å². The lowest BCUT2D eigenvalue weighted by atomic mass is 9.96. The first-order chi connectivity index (χ1) is 16.9. The first kappa shape index (κ1) is 24.5. The molecule has 0 fully saturated rings. The molecule has 4 aromatic carbocycles. The molecule has 0 spiro atoms. The number of fused-ring (bicyclic) bond motifs is 1. The fraction of sp³-hybridized carbons (Fsp3) is 0.207. The maximum Gasteiger partial charge on any atom is 0.264 e. The monoisotopic (exact) mass is 486 g/mol. The molecule has 5 nitrogen and oxygen atoms in total. The number of anilines is 1. The van der Waals surface area contributed by atoms with E-state index in [0.29, 0.717) is 12.2 Å². The maximum atomic E-state index is 13.5. The highest BCUT2D eigenvalue weighted by atomic mass is 32.2. The Bertz CT molecular complexity index is 1410. The highest BCUT2D eigenvalue weighted by Gasteiger charge is 2.28. The van der Waals surface area contributed by atoms with Crippen LogP contribution < -0.4 is 9.62 Å². The van der Waals surface area contributed by atoms with Gasteiger partial charge in [-0.3, -0.25) is 9.10 Å². The van der Waals surface area contributed by atoms with E-state index in [0.717, 1.165) is 12.0 Å². The van der Waals surface area contributed by atoms with Gasteiger partial charge in [0.2, 0.25) is 5.91 Å². The summed E-state index contributed by atoms with van der Waals surface area (Å²) in [5.41, 5.74) is 2.51. The van der Waals surface area contributed by atoms with Crippen LogP contribution in [-0.4, -0.2) is 27.4 Å². The molecular weight excluding hydrogens is 456 g/mol. The van der Waals surface area contributed by atoms with Crippen LogP contribution in [0.5, 0.6) is 0 Å². The van der Waals surface area contributed by atoms with Crippen LogP contribution >= 0.6 is 0 Å². The molecule has 1 unspecified atom stereocenters. The molecule has 0 radical (unpaired) electrons. The molecule has 0 bridgehead atoms. The predicted octanol–water partition coefficient (Wildman–Crippen LogP) is 5.34. The minimum absolute atomic E-state index is 0.153. The van der Waals surface area contributed by atoms with E-state index >= 15 is 0 Å². The van der Waals surface area contributed by atoms with Crippen molar-refractivity contribution in [3.8, 4) is 0 Å². The Kier molecular flexibility index (Phi) is 7.51. The van der Waals surface area contributed by atoms with Crippen molar-refractivity contribution < 1.29 is 13.2 Å². The lowest BCUT2D eigenvalue weighted by molar-refractivity contribution is -0.119. The number of para-hydroxylation sites is 1. The Hall–Kier alpha value is -3.64. The topological polar surface area (TPSA) is 66.5 Å². The number of nitrogens with zero attached hydrogens (tertiary/aromatic N) is 1. The van der Waals surface area contributed by atoms with E-state index in [1.54, 1.807) is 42.5 Å². The van der Waals surface area contributed by atoms with Crippen molar-refractivity contribution in [2.45, 2.75) is 25.2 Å². The van der Waals surface area contributed by atoms with Gasteiger partial charge in [-0.15, -0.1) is 0 Å². The third kappa shape index (κ3) is 5.72. The van der Waals surface area contributed by atoms with Gasteiger partial charge in [0, 0.05) is 6.54 Å². The summed E-state index contributed by atoms with van der Waals surface area (Å²) in [5.74, 6) is -0.153. The highest BCUT2D eigenvalue weighted by molar-refractivity contribution is 7.92. The quantitative estimate of drug-likeness (QED) is 0.347. The minimum Gasteiger partial charge on any atom is -0.354 e. The summed E-state index contributed by atoms with van der Waals surface area (Å²) in [6.45, 7) is 4.09. The Morgan fingerprint density at radius 1 is 0.857 bits per heavy atom. The molecule has 0 aliphatic heterocycles. The zero-order valence-electron chi connectivity index (χ0n) is 20.0. The van der Waals surface area contributed by atoms with Crippen molar-refractivity contribution in [2.24, 2.45) is 5.92 Å². The summed E-state index contributed by atoms with van der Waals surface area (Å²) in [5, 5.41) is 5.36. The number of benzene rings is 4. The van der Waals surface area contributed by atoms with E-state index < -0.39 is 10.0 Å². The maximum absolute atomic E-state index is 13.5. The van der Waals surface area contributed by atoms with Crippen LogP contribution in [0.25, 0.3) is 10.8 Å². The van der Waals surface area contributed by atoms with Crippen molar-refractivity contribution >= 4 is 32.4 Å². The summed E-state index contributed by atoms with van der Waals surface area (Å²) < 4.78 is 28.1. The van der Waals surface area contributed by atoms with Crippen molar-refractivity contribution in [2.75, 3.05) is 17.4 Å². The highest BCUT2D eigenvalue weighted by Crippen LogP contribution is 2.26. The van der Waals surface area contributed by atoms with Crippen molar-refractivity contribution in [1.29, 1.82) is 0 Å².